The summed E-state index contributed by atoms with van der Waals surface area (Å²) in [6.45, 7) is 2.44. The molecule has 0 aliphatic rings. The van der Waals surface area contributed by atoms with Crippen LogP contribution in [0.3, 0.4) is 0 Å². The maximum Gasteiger partial charge on any atom is 0.326 e. The van der Waals surface area contributed by atoms with E-state index >= 15 is 0 Å². The minimum atomic E-state index is -1.01. The third-order valence-electron chi connectivity index (χ3n) is 2.55. The van der Waals surface area contributed by atoms with Gasteiger partial charge < -0.3 is 20.5 Å². The second-order valence-electron chi connectivity index (χ2n) is 4.23. The zero-order valence-electron chi connectivity index (χ0n) is 11.8. The molecule has 0 radical (unpaired) electrons. The molecule has 0 aliphatic heterocycles. The largest absolute Gasteiger partial charge is 0.480 e. The topological polar surface area (TPSA) is 87.7 Å². The van der Waals surface area contributed by atoms with Crippen molar-refractivity contribution < 1.29 is 19.4 Å². The van der Waals surface area contributed by atoms with E-state index in [4.69, 9.17) is 9.84 Å². The molecule has 7 heteroatoms. The van der Waals surface area contributed by atoms with E-state index in [0.29, 0.717) is 18.8 Å². The van der Waals surface area contributed by atoms with E-state index in [1.807, 2.05) is 13.2 Å². The van der Waals surface area contributed by atoms with Gasteiger partial charge >= 0.3 is 12.0 Å². The van der Waals surface area contributed by atoms with Gasteiger partial charge in [-0.15, -0.1) is 0 Å². The molecular formula is C12H24N2O4S. The van der Waals surface area contributed by atoms with Gasteiger partial charge in [-0.2, -0.15) is 11.8 Å². The van der Waals surface area contributed by atoms with E-state index in [-0.39, 0.29) is 6.04 Å². The van der Waals surface area contributed by atoms with Crippen molar-refractivity contribution in [2.24, 2.45) is 0 Å². The summed E-state index contributed by atoms with van der Waals surface area (Å²) in [4.78, 5) is 22.7. The average Bonchev–Trinajstić information content (AvgIpc) is 2.34. The van der Waals surface area contributed by atoms with Gasteiger partial charge in [0.2, 0.25) is 0 Å². The minimum Gasteiger partial charge on any atom is -0.480 e. The van der Waals surface area contributed by atoms with Crippen LogP contribution >= 0.6 is 11.8 Å². The van der Waals surface area contributed by atoms with Crippen molar-refractivity contribution in [1.82, 2.24) is 10.6 Å². The van der Waals surface area contributed by atoms with E-state index < -0.39 is 18.0 Å². The Kier molecular flexibility index (Phi) is 10.4. The quantitative estimate of drug-likeness (QED) is 0.565. The van der Waals surface area contributed by atoms with Crippen molar-refractivity contribution in [3.05, 3.63) is 0 Å². The first-order valence-corrected chi connectivity index (χ1v) is 7.72. The molecule has 0 fully saturated rings. The van der Waals surface area contributed by atoms with E-state index in [1.54, 1.807) is 18.9 Å². The maximum absolute atomic E-state index is 11.7. The molecular weight excluding hydrogens is 268 g/mol. The molecule has 0 aliphatic carbocycles. The highest BCUT2D eigenvalue weighted by atomic mass is 32.2. The summed E-state index contributed by atoms with van der Waals surface area (Å²) in [6, 6.07) is -1.40. The van der Waals surface area contributed by atoms with Gasteiger partial charge in [0.1, 0.15) is 6.04 Å². The molecule has 0 aromatic rings. The molecule has 3 N–H and O–H groups in total. The molecule has 2 unspecified atom stereocenters. The Morgan fingerprint density at radius 1 is 1.32 bits per heavy atom. The molecule has 0 saturated heterocycles. The fraction of sp³-hybridized carbons (Fsp3) is 0.833. The number of aliphatic carboxylic acids is 1. The van der Waals surface area contributed by atoms with Crippen LogP contribution in [-0.2, 0) is 9.53 Å². The summed E-state index contributed by atoms with van der Waals surface area (Å²) in [6.07, 6.45) is 4.02. The van der Waals surface area contributed by atoms with Crippen LogP contribution < -0.4 is 10.6 Å². The number of thioether (sulfide) groups is 1. The number of nitrogens with one attached hydrogen (secondary N) is 2. The number of amides is 2. The van der Waals surface area contributed by atoms with Crippen molar-refractivity contribution in [3.63, 3.8) is 0 Å². The first-order valence-electron chi connectivity index (χ1n) is 6.32. The van der Waals surface area contributed by atoms with Gasteiger partial charge in [-0.1, -0.05) is 13.3 Å². The molecule has 2 amide bonds. The normalized spacial score (nSPS) is 13.6. The van der Waals surface area contributed by atoms with Crippen molar-refractivity contribution in [3.8, 4) is 0 Å². The van der Waals surface area contributed by atoms with Crippen molar-refractivity contribution in [2.45, 2.75) is 38.3 Å². The first-order chi connectivity index (χ1) is 9.04. The number of carbonyl (C=O) groups is 2. The lowest BCUT2D eigenvalue weighted by atomic mass is 10.2. The number of hydrogen-bond acceptors (Lipinski definition) is 4. The van der Waals surface area contributed by atoms with Crippen LogP contribution in [0.15, 0.2) is 0 Å². The highest BCUT2D eigenvalue weighted by Gasteiger charge is 2.20. The van der Waals surface area contributed by atoms with Crippen LogP contribution in [-0.4, -0.2) is 54.9 Å². The zero-order chi connectivity index (χ0) is 14.7. The average molecular weight is 292 g/mol. The van der Waals surface area contributed by atoms with Crippen LogP contribution in [0.1, 0.15) is 26.2 Å². The Labute approximate surface area is 118 Å². The molecule has 2 atom stereocenters. The molecule has 19 heavy (non-hydrogen) atoms. The third kappa shape index (κ3) is 8.72. The molecule has 112 valence electrons. The summed E-state index contributed by atoms with van der Waals surface area (Å²) in [5.41, 5.74) is 0. The number of carboxylic acid groups (broad SMARTS) is 1. The second-order valence-corrected chi connectivity index (χ2v) is 5.22. The van der Waals surface area contributed by atoms with Crippen molar-refractivity contribution in [2.75, 3.05) is 25.7 Å². The molecule has 0 saturated carbocycles. The molecule has 0 bridgehead atoms. The molecule has 6 nitrogen and oxygen atoms in total. The van der Waals surface area contributed by atoms with Crippen LogP contribution in [0, 0.1) is 0 Å². The van der Waals surface area contributed by atoms with Gasteiger partial charge in [-0.3, -0.25) is 0 Å². The van der Waals surface area contributed by atoms with Crippen LogP contribution in [0.4, 0.5) is 4.79 Å². The SMILES string of the molecule is CCCC(COC)NC(=O)NC(CCSC)C(=O)O. The van der Waals surface area contributed by atoms with Crippen LogP contribution in [0.25, 0.3) is 0 Å². The Bertz CT molecular complexity index is 270. The van der Waals surface area contributed by atoms with E-state index in [2.05, 4.69) is 10.6 Å². The van der Waals surface area contributed by atoms with Gasteiger partial charge in [0.15, 0.2) is 0 Å². The standard InChI is InChI=1S/C12H24N2O4S/c1-4-5-9(8-18-2)13-12(17)14-10(11(15)16)6-7-19-3/h9-10H,4-8H2,1-3H3,(H,15,16)(H2,13,14,17). The van der Waals surface area contributed by atoms with Crippen LogP contribution in [0.2, 0.25) is 0 Å². The number of ether oxygens (including phenoxy) is 1. The summed E-state index contributed by atoms with van der Waals surface area (Å²) in [5.74, 6) is -0.323. The minimum absolute atomic E-state index is 0.0926. The van der Waals surface area contributed by atoms with Gasteiger partial charge in [0, 0.05) is 7.11 Å². The zero-order valence-corrected chi connectivity index (χ0v) is 12.6. The van der Waals surface area contributed by atoms with Crippen molar-refractivity contribution >= 4 is 23.8 Å². The second kappa shape index (κ2) is 10.9. The number of carboxylic acids is 1. The van der Waals surface area contributed by atoms with E-state index in [0.717, 1.165) is 12.8 Å². The summed E-state index contributed by atoms with van der Waals surface area (Å²) in [5, 5.41) is 14.2. The van der Waals surface area contributed by atoms with Gasteiger partial charge in [-0.05, 0) is 24.9 Å². The Hall–Kier alpha value is -0.950. The predicted molar refractivity (Wildman–Crippen MR) is 76.7 cm³/mol. The molecule has 0 aromatic carbocycles. The highest BCUT2D eigenvalue weighted by molar-refractivity contribution is 7.98. The summed E-state index contributed by atoms with van der Waals surface area (Å²) < 4.78 is 5.01. The smallest absolute Gasteiger partial charge is 0.326 e. The highest BCUT2D eigenvalue weighted by Crippen LogP contribution is 2.02. The third-order valence-corrected chi connectivity index (χ3v) is 3.20. The Morgan fingerprint density at radius 3 is 2.47 bits per heavy atom. The number of urea groups is 1. The lowest BCUT2D eigenvalue weighted by Crippen LogP contribution is -2.50. The van der Waals surface area contributed by atoms with Gasteiger partial charge in [0.05, 0.1) is 12.6 Å². The molecule has 0 rings (SSSR count). The predicted octanol–water partition coefficient (Wildman–Crippen LogP) is 1.31. The molecule has 0 aromatic heterocycles. The molecule has 0 spiro atoms. The fourth-order valence-electron chi connectivity index (χ4n) is 1.63. The number of methoxy groups -OCH3 is 1. The lowest BCUT2D eigenvalue weighted by Gasteiger charge is -2.20. The van der Waals surface area contributed by atoms with E-state index in [1.165, 1.54) is 0 Å². The lowest BCUT2D eigenvalue weighted by molar-refractivity contribution is -0.139. The number of hydrogen-bond donors (Lipinski definition) is 3. The van der Waals surface area contributed by atoms with Gasteiger partial charge in [0.25, 0.3) is 0 Å². The monoisotopic (exact) mass is 292 g/mol. The van der Waals surface area contributed by atoms with Crippen molar-refractivity contribution in [1.29, 1.82) is 0 Å². The Morgan fingerprint density at radius 2 is 2.00 bits per heavy atom. The summed E-state index contributed by atoms with van der Waals surface area (Å²) >= 11 is 1.55. The Balaban J connectivity index is 4.25. The maximum atomic E-state index is 11.7. The number of rotatable bonds is 10. The fourth-order valence-corrected chi connectivity index (χ4v) is 2.10. The van der Waals surface area contributed by atoms with Gasteiger partial charge in [-0.25, -0.2) is 9.59 Å². The first kappa shape index (κ1) is 18.0. The summed E-state index contributed by atoms with van der Waals surface area (Å²) in [7, 11) is 1.57. The van der Waals surface area contributed by atoms with Crippen LogP contribution in [0.5, 0.6) is 0 Å². The molecule has 0 heterocycles. The number of carbonyl (C=O) groups excluding carboxylic acids is 1. The van der Waals surface area contributed by atoms with E-state index in [9.17, 15) is 9.59 Å².